The molecule has 0 unspecified atom stereocenters. The molecule has 1 nitrogen and oxygen atoms in total. The first-order valence-electron chi connectivity index (χ1n) is 11.6. The van der Waals surface area contributed by atoms with Gasteiger partial charge in [0.2, 0.25) is 0 Å². The van der Waals surface area contributed by atoms with Crippen LogP contribution < -0.4 is 0 Å². The Morgan fingerprint density at radius 1 is 0.852 bits per heavy atom. The lowest BCUT2D eigenvalue weighted by Gasteiger charge is -2.17. The fourth-order valence-electron chi connectivity index (χ4n) is 4.02. The second kappa shape index (κ2) is 10.5. The summed E-state index contributed by atoms with van der Waals surface area (Å²) in [6, 6.07) is 6.29. The van der Waals surface area contributed by atoms with Crippen LogP contribution in [0.5, 0.6) is 5.75 Å². The van der Waals surface area contributed by atoms with Crippen LogP contribution in [0.25, 0.3) is 0 Å². The van der Waals surface area contributed by atoms with Gasteiger partial charge in [-0.3, -0.25) is 0 Å². The standard InChI is InChI=1S/C26H44O/c1-25(2,3)17-11-7-6-10-14-23-21-22(15-16-24(23)27)13-9-5-8-12-18-26(4)19-20-26/h15-16,21,27H,5-14,17-20H2,1-4H3. The van der Waals surface area contributed by atoms with E-state index in [1.165, 1.54) is 82.6 Å². The van der Waals surface area contributed by atoms with Gasteiger partial charge in [0.1, 0.15) is 5.75 Å². The molecular formula is C26H44O. The summed E-state index contributed by atoms with van der Waals surface area (Å²) < 4.78 is 0. The maximum absolute atomic E-state index is 10.2. The summed E-state index contributed by atoms with van der Waals surface area (Å²) in [5, 5.41) is 10.2. The molecule has 0 bridgehead atoms. The fourth-order valence-corrected chi connectivity index (χ4v) is 4.02. The Balaban J connectivity index is 1.59. The molecular weight excluding hydrogens is 328 g/mol. The summed E-state index contributed by atoms with van der Waals surface area (Å²) in [6.45, 7) is 9.41. The SMILES string of the molecule is CC(C)(C)CCCCCCc1cc(CCCCCCC2(C)CC2)ccc1O. The Kier molecular flexibility index (Phi) is 8.70. The fraction of sp³-hybridized carbons (Fsp3) is 0.769. The summed E-state index contributed by atoms with van der Waals surface area (Å²) in [4.78, 5) is 0. The van der Waals surface area contributed by atoms with Crippen LogP contribution >= 0.6 is 0 Å². The van der Waals surface area contributed by atoms with Crippen LogP contribution in [-0.4, -0.2) is 5.11 Å². The van der Waals surface area contributed by atoms with Gasteiger partial charge >= 0.3 is 0 Å². The molecule has 1 aliphatic rings. The Morgan fingerprint density at radius 3 is 2.15 bits per heavy atom. The van der Waals surface area contributed by atoms with Crippen molar-refractivity contribution in [1.29, 1.82) is 0 Å². The average molecular weight is 373 g/mol. The molecule has 1 aliphatic carbocycles. The minimum absolute atomic E-state index is 0.461. The van der Waals surface area contributed by atoms with Crippen molar-refractivity contribution in [2.24, 2.45) is 10.8 Å². The van der Waals surface area contributed by atoms with E-state index < -0.39 is 0 Å². The molecule has 1 aromatic rings. The molecule has 0 radical (unpaired) electrons. The van der Waals surface area contributed by atoms with Crippen molar-refractivity contribution in [3.63, 3.8) is 0 Å². The number of phenols is 1. The molecule has 0 aromatic heterocycles. The number of hydrogen-bond donors (Lipinski definition) is 1. The first-order valence-corrected chi connectivity index (χ1v) is 11.6. The molecule has 0 heterocycles. The van der Waals surface area contributed by atoms with Crippen LogP contribution in [0.15, 0.2) is 18.2 Å². The van der Waals surface area contributed by atoms with E-state index in [1.807, 2.05) is 6.07 Å². The Labute approximate surface area is 169 Å². The predicted molar refractivity (Wildman–Crippen MR) is 118 cm³/mol. The van der Waals surface area contributed by atoms with Crippen LogP contribution in [0.2, 0.25) is 0 Å². The molecule has 27 heavy (non-hydrogen) atoms. The van der Waals surface area contributed by atoms with Crippen LogP contribution in [0.4, 0.5) is 0 Å². The highest BCUT2D eigenvalue weighted by atomic mass is 16.3. The third kappa shape index (κ3) is 9.67. The molecule has 1 N–H and O–H groups in total. The van der Waals surface area contributed by atoms with Crippen LogP contribution in [-0.2, 0) is 12.8 Å². The van der Waals surface area contributed by atoms with Crippen LogP contribution in [0, 0.1) is 10.8 Å². The minimum Gasteiger partial charge on any atom is -0.508 e. The van der Waals surface area contributed by atoms with Gasteiger partial charge in [-0.05, 0) is 79.4 Å². The Morgan fingerprint density at radius 2 is 1.48 bits per heavy atom. The number of aryl methyl sites for hydroxylation is 2. The smallest absolute Gasteiger partial charge is 0.118 e. The topological polar surface area (TPSA) is 20.2 Å². The molecule has 1 heteroatoms. The van der Waals surface area contributed by atoms with Crippen LogP contribution in [0.1, 0.15) is 116 Å². The zero-order valence-electron chi connectivity index (χ0n) is 18.6. The maximum atomic E-state index is 10.2. The minimum atomic E-state index is 0.461. The Hall–Kier alpha value is -0.980. The first-order chi connectivity index (χ1) is 12.8. The monoisotopic (exact) mass is 372 g/mol. The van der Waals surface area contributed by atoms with Gasteiger partial charge in [0.25, 0.3) is 0 Å². The van der Waals surface area contributed by atoms with Gasteiger partial charge in [-0.1, -0.05) is 78.4 Å². The lowest BCUT2D eigenvalue weighted by Crippen LogP contribution is -2.03. The van der Waals surface area contributed by atoms with Crippen molar-refractivity contribution < 1.29 is 5.11 Å². The van der Waals surface area contributed by atoms with E-state index in [0.717, 1.165) is 23.8 Å². The van der Waals surface area contributed by atoms with Crippen LogP contribution in [0.3, 0.4) is 0 Å². The molecule has 0 saturated heterocycles. The zero-order valence-corrected chi connectivity index (χ0v) is 18.6. The number of hydrogen-bond acceptors (Lipinski definition) is 1. The molecule has 1 fully saturated rings. The van der Waals surface area contributed by atoms with Crippen molar-refractivity contribution in [3.05, 3.63) is 29.3 Å². The van der Waals surface area contributed by atoms with Gasteiger partial charge in [0.15, 0.2) is 0 Å². The molecule has 0 atom stereocenters. The van der Waals surface area contributed by atoms with Crippen molar-refractivity contribution in [3.8, 4) is 5.75 Å². The van der Waals surface area contributed by atoms with E-state index >= 15 is 0 Å². The number of rotatable bonds is 13. The van der Waals surface area contributed by atoms with E-state index in [9.17, 15) is 5.11 Å². The molecule has 0 spiro atoms. The number of phenolic OH excluding ortho intramolecular Hbond substituents is 1. The van der Waals surface area contributed by atoms with Crippen molar-refractivity contribution >= 4 is 0 Å². The van der Waals surface area contributed by atoms with Gasteiger partial charge in [-0.15, -0.1) is 0 Å². The van der Waals surface area contributed by atoms with E-state index in [-0.39, 0.29) is 0 Å². The second-order valence-corrected chi connectivity index (χ2v) is 10.7. The summed E-state index contributed by atoms with van der Waals surface area (Å²) in [5.41, 5.74) is 3.75. The third-order valence-corrected chi connectivity index (χ3v) is 6.37. The van der Waals surface area contributed by atoms with Gasteiger partial charge in [-0.2, -0.15) is 0 Å². The largest absolute Gasteiger partial charge is 0.508 e. The Bertz CT molecular complexity index is 548. The molecule has 154 valence electrons. The summed E-state index contributed by atoms with van der Waals surface area (Å²) >= 11 is 0. The predicted octanol–water partition coefficient (Wildman–Crippen LogP) is 8.22. The molecule has 1 aromatic carbocycles. The second-order valence-electron chi connectivity index (χ2n) is 10.7. The van der Waals surface area contributed by atoms with E-state index in [1.54, 1.807) is 0 Å². The molecule has 0 amide bonds. The van der Waals surface area contributed by atoms with Gasteiger partial charge in [-0.25, -0.2) is 0 Å². The zero-order chi connectivity index (χ0) is 19.8. The molecule has 1 saturated carbocycles. The highest BCUT2D eigenvalue weighted by molar-refractivity contribution is 5.36. The number of aromatic hydroxyl groups is 1. The lowest BCUT2D eigenvalue weighted by atomic mass is 9.89. The molecule has 0 aliphatic heterocycles. The molecule has 2 rings (SSSR count). The summed E-state index contributed by atoms with van der Waals surface area (Å²) in [6.07, 6.45) is 18.4. The van der Waals surface area contributed by atoms with Gasteiger partial charge < -0.3 is 5.11 Å². The first kappa shape index (κ1) is 22.3. The highest BCUT2D eigenvalue weighted by Gasteiger charge is 2.35. The van der Waals surface area contributed by atoms with Gasteiger partial charge in [0, 0.05) is 0 Å². The lowest BCUT2D eigenvalue weighted by molar-refractivity contribution is 0.357. The number of benzene rings is 1. The van der Waals surface area contributed by atoms with Crippen molar-refractivity contribution in [2.45, 2.75) is 118 Å². The van der Waals surface area contributed by atoms with Crippen molar-refractivity contribution in [2.75, 3.05) is 0 Å². The normalized spacial score (nSPS) is 15.9. The van der Waals surface area contributed by atoms with E-state index in [4.69, 9.17) is 0 Å². The average Bonchev–Trinajstić information content (AvgIpc) is 3.33. The van der Waals surface area contributed by atoms with E-state index in [0.29, 0.717) is 11.2 Å². The summed E-state index contributed by atoms with van der Waals surface area (Å²) in [7, 11) is 0. The highest BCUT2D eigenvalue weighted by Crippen LogP contribution is 2.49. The maximum Gasteiger partial charge on any atom is 0.118 e. The quantitative estimate of drug-likeness (QED) is 0.346. The van der Waals surface area contributed by atoms with Gasteiger partial charge in [0.05, 0.1) is 0 Å². The van der Waals surface area contributed by atoms with E-state index in [2.05, 4.69) is 39.8 Å². The number of unbranched alkanes of at least 4 members (excludes halogenated alkanes) is 6. The van der Waals surface area contributed by atoms with Crippen molar-refractivity contribution in [1.82, 2.24) is 0 Å². The third-order valence-electron chi connectivity index (χ3n) is 6.37. The summed E-state index contributed by atoms with van der Waals surface area (Å²) in [5.74, 6) is 0.492.